The summed E-state index contributed by atoms with van der Waals surface area (Å²) in [6.07, 6.45) is 7.62. The van der Waals surface area contributed by atoms with Crippen LogP contribution in [0.5, 0.6) is 0 Å². The Morgan fingerprint density at radius 3 is 3.07 bits per heavy atom. The third kappa shape index (κ3) is 1.59. The van der Waals surface area contributed by atoms with E-state index in [9.17, 15) is 0 Å². The maximum absolute atomic E-state index is 4.30. The highest BCUT2D eigenvalue weighted by atomic mass is 15.3. The van der Waals surface area contributed by atoms with Crippen molar-refractivity contribution in [2.75, 3.05) is 0 Å². The van der Waals surface area contributed by atoms with E-state index in [0.717, 1.165) is 6.54 Å². The molecule has 2 nitrogen and oxygen atoms in total. The smallest absolute Gasteiger partial charge is 0.0686 e. The molecule has 0 spiro atoms. The Hall–Kier alpha value is -1.83. The van der Waals surface area contributed by atoms with Gasteiger partial charge in [0, 0.05) is 5.39 Å². The number of para-hydroxylation sites is 1. The molecule has 0 N–H and O–H groups in total. The number of nitrogens with zero attached hydrogens (tertiary/aromatic N) is 2. The van der Waals surface area contributed by atoms with E-state index in [2.05, 4.69) is 23.8 Å². The summed E-state index contributed by atoms with van der Waals surface area (Å²) in [5.74, 6) is 0. The minimum Gasteiger partial charge on any atom is -0.261 e. The van der Waals surface area contributed by atoms with Crippen LogP contribution in [-0.2, 0) is 6.54 Å². The fourth-order valence-corrected chi connectivity index (χ4v) is 1.43. The number of benzene rings is 1. The Bertz CT molecular complexity index is 466. The van der Waals surface area contributed by atoms with E-state index in [1.54, 1.807) is 6.08 Å². The van der Waals surface area contributed by atoms with Gasteiger partial charge in [0.05, 0.1) is 18.3 Å². The lowest BCUT2D eigenvalue weighted by atomic mass is 10.2. The molecule has 1 heterocycles. The molecule has 0 amide bonds. The van der Waals surface area contributed by atoms with Gasteiger partial charge < -0.3 is 0 Å². The van der Waals surface area contributed by atoms with Crippen molar-refractivity contribution >= 4 is 10.9 Å². The number of allylic oxidation sites excluding steroid dienone is 3. The third-order valence-electron chi connectivity index (χ3n) is 2.10. The zero-order valence-corrected chi connectivity index (χ0v) is 7.93. The normalized spacial score (nSPS) is 11.1. The van der Waals surface area contributed by atoms with Crippen molar-refractivity contribution in [3.05, 3.63) is 55.3 Å². The van der Waals surface area contributed by atoms with Gasteiger partial charge >= 0.3 is 0 Å². The summed E-state index contributed by atoms with van der Waals surface area (Å²) in [4.78, 5) is 0. The van der Waals surface area contributed by atoms with Crippen LogP contribution in [0.2, 0.25) is 0 Å². The minimum absolute atomic E-state index is 0.791. The lowest BCUT2D eigenvalue weighted by Gasteiger charge is -1.97. The summed E-state index contributed by atoms with van der Waals surface area (Å²) in [5.41, 5.74) is 1.17. The minimum atomic E-state index is 0.791. The standard InChI is InChI=1S/C12H12N2/c1-2-3-6-9-14-12-8-5-4-7-11(12)10-13-14/h2-8,10H,1,9H2. The molecular weight excluding hydrogens is 172 g/mol. The first-order valence-electron chi connectivity index (χ1n) is 4.60. The quantitative estimate of drug-likeness (QED) is 0.671. The van der Waals surface area contributed by atoms with Gasteiger partial charge in [-0.2, -0.15) is 5.10 Å². The lowest BCUT2D eigenvalue weighted by Crippen LogP contribution is -1.96. The summed E-state index contributed by atoms with van der Waals surface area (Å²) in [6, 6.07) is 8.19. The van der Waals surface area contributed by atoms with E-state index in [0.29, 0.717) is 0 Å². The SMILES string of the molecule is C=CC=CCn1ncc2ccccc21. The summed E-state index contributed by atoms with van der Waals surface area (Å²) < 4.78 is 1.97. The van der Waals surface area contributed by atoms with E-state index >= 15 is 0 Å². The van der Waals surface area contributed by atoms with Crippen LogP contribution in [0, 0.1) is 0 Å². The highest BCUT2D eigenvalue weighted by Gasteiger charge is 1.97. The zero-order chi connectivity index (χ0) is 9.80. The van der Waals surface area contributed by atoms with E-state index < -0.39 is 0 Å². The van der Waals surface area contributed by atoms with Crippen LogP contribution in [0.4, 0.5) is 0 Å². The van der Waals surface area contributed by atoms with E-state index in [4.69, 9.17) is 0 Å². The second kappa shape index (κ2) is 3.92. The fraction of sp³-hybridized carbons (Fsp3) is 0.0833. The van der Waals surface area contributed by atoms with Gasteiger partial charge in [0.15, 0.2) is 0 Å². The average Bonchev–Trinajstić information content (AvgIpc) is 2.63. The molecule has 0 atom stereocenters. The van der Waals surface area contributed by atoms with Gasteiger partial charge in [0.1, 0.15) is 0 Å². The molecule has 1 aromatic carbocycles. The average molecular weight is 184 g/mol. The van der Waals surface area contributed by atoms with Gasteiger partial charge in [-0.1, -0.05) is 43.0 Å². The van der Waals surface area contributed by atoms with Crippen molar-refractivity contribution < 1.29 is 0 Å². The molecule has 0 fully saturated rings. The first-order valence-corrected chi connectivity index (χ1v) is 4.60. The first-order chi connectivity index (χ1) is 6.92. The monoisotopic (exact) mass is 184 g/mol. The molecular formula is C12H12N2. The predicted octanol–water partition coefficient (Wildman–Crippen LogP) is 2.78. The van der Waals surface area contributed by atoms with Gasteiger partial charge in [0.2, 0.25) is 0 Å². The maximum atomic E-state index is 4.30. The van der Waals surface area contributed by atoms with Crippen LogP contribution < -0.4 is 0 Å². The molecule has 2 rings (SSSR count). The maximum Gasteiger partial charge on any atom is 0.0686 e. The predicted molar refractivity (Wildman–Crippen MR) is 59.1 cm³/mol. The number of rotatable bonds is 3. The second-order valence-corrected chi connectivity index (χ2v) is 3.05. The number of hydrogen-bond acceptors (Lipinski definition) is 1. The Morgan fingerprint density at radius 2 is 2.21 bits per heavy atom. The lowest BCUT2D eigenvalue weighted by molar-refractivity contribution is 0.728. The topological polar surface area (TPSA) is 17.8 Å². The summed E-state index contributed by atoms with van der Waals surface area (Å²) in [7, 11) is 0. The van der Waals surface area contributed by atoms with Gasteiger partial charge in [0.25, 0.3) is 0 Å². The number of aromatic nitrogens is 2. The van der Waals surface area contributed by atoms with Gasteiger partial charge in [-0.15, -0.1) is 0 Å². The Labute approximate surface area is 83.2 Å². The van der Waals surface area contributed by atoms with Gasteiger partial charge in [-0.05, 0) is 6.07 Å². The number of fused-ring (bicyclic) bond motifs is 1. The molecule has 0 aliphatic heterocycles. The summed E-state index contributed by atoms with van der Waals surface area (Å²) >= 11 is 0. The summed E-state index contributed by atoms with van der Waals surface area (Å²) in [6.45, 7) is 4.42. The van der Waals surface area contributed by atoms with Crippen LogP contribution >= 0.6 is 0 Å². The van der Waals surface area contributed by atoms with Crippen molar-refractivity contribution in [3.8, 4) is 0 Å². The van der Waals surface area contributed by atoms with E-state index in [1.807, 2.05) is 35.2 Å². The zero-order valence-electron chi connectivity index (χ0n) is 7.93. The molecule has 0 saturated heterocycles. The van der Waals surface area contributed by atoms with E-state index in [-0.39, 0.29) is 0 Å². The van der Waals surface area contributed by atoms with Gasteiger partial charge in [-0.3, -0.25) is 4.68 Å². The van der Waals surface area contributed by atoms with Crippen LogP contribution in [0.15, 0.2) is 55.3 Å². The van der Waals surface area contributed by atoms with Crippen molar-refractivity contribution in [3.63, 3.8) is 0 Å². The molecule has 0 aliphatic carbocycles. The van der Waals surface area contributed by atoms with Crippen LogP contribution in [0.3, 0.4) is 0 Å². The molecule has 0 aliphatic rings. The van der Waals surface area contributed by atoms with Crippen molar-refractivity contribution in [1.29, 1.82) is 0 Å². The van der Waals surface area contributed by atoms with Crippen LogP contribution in [0.25, 0.3) is 10.9 Å². The van der Waals surface area contributed by atoms with Crippen molar-refractivity contribution in [2.24, 2.45) is 0 Å². The Balaban J connectivity index is 2.33. The second-order valence-electron chi connectivity index (χ2n) is 3.05. The van der Waals surface area contributed by atoms with E-state index in [1.165, 1.54) is 10.9 Å². The molecule has 70 valence electrons. The summed E-state index contributed by atoms with van der Waals surface area (Å²) in [5, 5.41) is 5.48. The molecule has 2 aromatic rings. The molecule has 1 aromatic heterocycles. The Kier molecular flexibility index (Phi) is 2.45. The molecule has 0 bridgehead atoms. The van der Waals surface area contributed by atoms with Crippen molar-refractivity contribution in [1.82, 2.24) is 9.78 Å². The molecule has 0 unspecified atom stereocenters. The molecule has 14 heavy (non-hydrogen) atoms. The highest BCUT2D eigenvalue weighted by molar-refractivity contribution is 5.78. The Morgan fingerprint density at radius 1 is 1.36 bits per heavy atom. The fourth-order valence-electron chi connectivity index (χ4n) is 1.43. The largest absolute Gasteiger partial charge is 0.261 e. The van der Waals surface area contributed by atoms with Crippen LogP contribution in [0.1, 0.15) is 0 Å². The molecule has 0 radical (unpaired) electrons. The molecule has 0 saturated carbocycles. The third-order valence-corrected chi connectivity index (χ3v) is 2.10. The molecule has 2 heteroatoms. The van der Waals surface area contributed by atoms with Gasteiger partial charge in [-0.25, -0.2) is 0 Å². The highest BCUT2D eigenvalue weighted by Crippen LogP contribution is 2.12. The van der Waals surface area contributed by atoms with Crippen LogP contribution in [-0.4, -0.2) is 9.78 Å². The number of hydrogen-bond donors (Lipinski definition) is 0. The first kappa shape index (κ1) is 8.75. The van der Waals surface area contributed by atoms with Crippen molar-refractivity contribution in [2.45, 2.75) is 6.54 Å².